The minimum absolute atomic E-state index is 0.423. The largest absolute Gasteiger partial charge is 0.488 e. The van der Waals surface area contributed by atoms with Gasteiger partial charge in [0.15, 0.2) is 5.75 Å². The highest BCUT2D eigenvalue weighted by molar-refractivity contribution is 6.38. The molecule has 1 aliphatic heterocycles. The van der Waals surface area contributed by atoms with E-state index >= 15 is 0 Å². The molecule has 70 valence electrons. The fourth-order valence-corrected chi connectivity index (χ4v) is 1.72. The summed E-state index contributed by atoms with van der Waals surface area (Å²) in [5.41, 5.74) is 6.79. The summed E-state index contributed by atoms with van der Waals surface area (Å²) in [6, 6.07) is 1.62. The summed E-state index contributed by atoms with van der Waals surface area (Å²) in [5.74, 6) is 0.554. The molecule has 0 spiro atoms. The van der Waals surface area contributed by atoms with E-state index in [1.165, 1.54) is 0 Å². The summed E-state index contributed by atoms with van der Waals surface area (Å²) < 4.78 is 5.36. The first-order chi connectivity index (χ1) is 6.20. The second-order valence-electron chi connectivity index (χ2n) is 2.74. The van der Waals surface area contributed by atoms with Crippen molar-refractivity contribution in [3.8, 4) is 5.75 Å². The Balaban J connectivity index is 2.63. The van der Waals surface area contributed by atoms with Crippen LogP contribution in [0.15, 0.2) is 6.07 Å². The van der Waals surface area contributed by atoms with Crippen molar-refractivity contribution < 1.29 is 4.74 Å². The number of nitrogens with one attached hydrogen (secondary N) is 1. The number of nitrogen functional groups attached to an aromatic ring is 1. The number of benzene rings is 1. The van der Waals surface area contributed by atoms with Gasteiger partial charge in [-0.2, -0.15) is 0 Å². The van der Waals surface area contributed by atoms with Crippen LogP contribution in [-0.2, 0) is 0 Å². The zero-order chi connectivity index (χ0) is 9.42. The molecule has 1 aromatic carbocycles. The van der Waals surface area contributed by atoms with Crippen molar-refractivity contribution >= 4 is 34.6 Å². The molecule has 0 atom stereocenters. The highest BCUT2D eigenvalue weighted by Gasteiger charge is 2.18. The average molecular weight is 219 g/mol. The first-order valence-corrected chi connectivity index (χ1v) is 4.60. The fraction of sp³-hybridized carbons (Fsp3) is 0.250. The number of halogens is 2. The van der Waals surface area contributed by atoms with Crippen LogP contribution in [0, 0.1) is 0 Å². The van der Waals surface area contributed by atoms with Gasteiger partial charge in [-0.25, -0.2) is 0 Å². The van der Waals surface area contributed by atoms with E-state index in [4.69, 9.17) is 33.7 Å². The predicted molar refractivity (Wildman–Crippen MR) is 54.9 cm³/mol. The first kappa shape index (κ1) is 8.78. The number of nitrogens with two attached hydrogens (primary N) is 1. The molecule has 0 aromatic heterocycles. The summed E-state index contributed by atoms with van der Waals surface area (Å²) in [6.45, 7) is 1.31. The molecule has 13 heavy (non-hydrogen) atoms. The van der Waals surface area contributed by atoms with E-state index in [1.807, 2.05) is 0 Å². The van der Waals surface area contributed by atoms with Gasteiger partial charge in [0.2, 0.25) is 0 Å². The molecule has 3 N–H and O–H groups in total. The molecule has 2 rings (SSSR count). The van der Waals surface area contributed by atoms with Gasteiger partial charge in [0.05, 0.1) is 16.4 Å². The third kappa shape index (κ3) is 1.38. The topological polar surface area (TPSA) is 47.3 Å². The van der Waals surface area contributed by atoms with Crippen molar-refractivity contribution in [2.24, 2.45) is 0 Å². The van der Waals surface area contributed by atoms with Crippen LogP contribution in [-0.4, -0.2) is 13.2 Å². The van der Waals surface area contributed by atoms with E-state index in [0.29, 0.717) is 28.1 Å². The van der Waals surface area contributed by atoms with Gasteiger partial charge in [0, 0.05) is 6.54 Å². The molecular weight excluding hydrogens is 211 g/mol. The summed E-state index contributed by atoms with van der Waals surface area (Å²) in [5, 5.41) is 4.06. The van der Waals surface area contributed by atoms with Crippen LogP contribution in [0.4, 0.5) is 11.4 Å². The monoisotopic (exact) mass is 218 g/mol. The lowest BCUT2D eigenvalue weighted by atomic mass is 10.2. The van der Waals surface area contributed by atoms with Crippen molar-refractivity contribution in [1.29, 1.82) is 0 Å². The molecule has 5 heteroatoms. The van der Waals surface area contributed by atoms with Crippen molar-refractivity contribution in [3.63, 3.8) is 0 Å². The van der Waals surface area contributed by atoms with Gasteiger partial charge >= 0.3 is 0 Å². The van der Waals surface area contributed by atoms with Crippen molar-refractivity contribution in [1.82, 2.24) is 0 Å². The van der Waals surface area contributed by atoms with Gasteiger partial charge in [0.1, 0.15) is 11.6 Å². The highest BCUT2D eigenvalue weighted by Crippen LogP contribution is 2.43. The van der Waals surface area contributed by atoms with Crippen LogP contribution in [0.3, 0.4) is 0 Å². The van der Waals surface area contributed by atoms with Crippen molar-refractivity contribution in [2.45, 2.75) is 0 Å². The lowest BCUT2D eigenvalue weighted by molar-refractivity contribution is 0.324. The zero-order valence-corrected chi connectivity index (χ0v) is 8.24. The fourth-order valence-electron chi connectivity index (χ4n) is 1.25. The maximum Gasteiger partial charge on any atom is 0.164 e. The van der Waals surface area contributed by atoms with Crippen LogP contribution in [0.25, 0.3) is 0 Å². The van der Waals surface area contributed by atoms with Gasteiger partial charge in [-0.1, -0.05) is 23.2 Å². The Hall–Kier alpha value is -0.800. The van der Waals surface area contributed by atoms with Crippen molar-refractivity contribution in [2.75, 3.05) is 24.2 Å². The molecule has 1 aliphatic rings. The molecule has 3 nitrogen and oxygen atoms in total. The van der Waals surface area contributed by atoms with Crippen molar-refractivity contribution in [3.05, 3.63) is 16.1 Å². The molecule has 1 aromatic rings. The Bertz CT molecular complexity index is 354. The number of fused-ring (bicyclic) bond motifs is 1. The van der Waals surface area contributed by atoms with Gasteiger partial charge in [0.25, 0.3) is 0 Å². The Morgan fingerprint density at radius 1 is 1.46 bits per heavy atom. The Labute approximate surface area is 85.8 Å². The Kier molecular flexibility index (Phi) is 2.14. The second-order valence-corrected chi connectivity index (χ2v) is 3.53. The molecule has 0 radical (unpaired) electrons. The molecule has 0 aliphatic carbocycles. The summed E-state index contributed by atoms with van der Waals surface area (Å²) in [7, 11) is 0. The Morgan fingerprint density at radius 3 is 3.00 bits per heavy atom. The van der Waals surface area contributed by atoms with Gasteiger partial charge in [-0.3, -0.25) is 0 Å². The van der Waals surface area contributed by atoms with E-state index in [0.717, 1.165) is 12.2 Å². The Morgan fingerprint density at radius 2 is 2.23 bits per heavy atom. The first-order valence-electron chi connectivity index (χ1n) is 3.84. The van der Waals surface area contributed by atoms with Crippen LogP contribution >= 0.6 is 23.2 Å². The predicted octanol–water partition coefficient (Wildman–Crippen LogP) is 2.38. The van der Waals surface area contributed by atoms with Crippen LogP contribution in [0.5, 0.6) is 5.75 Å². The van der Waals surface area contributed by atoms with E-state index in [2.05, 4.69) is 5.32 Å². The number of anilines is 2. The smallest absolute Gasteiger partial charge is 0.164 e. The number of hydrogen-bond acceptors (Lipinski definition) is 3. The lowest BCUT2D eigenvalue weighted by Crippen LogP contribution is -2.18. The summed E-state index contributed by atoms with van der Waals surface area (Å²) >= 11 is 11.9. The molecular formula is C8H8Cl2N2O. The number of rotatable bonds is 0. The second kappa shape index (κ2) is 3.16. The van der Waals surface area contributed by atoms with Crippen LogP contribution in [0.2, 0.25) is 10.0 Å². The molecule has 0 saturated carbocycles. The van der Waals surface area contributed by atoms with Gasteiger partial charge in [-0.05, 0) is 6.07 Å². The van der Waals surface area contributed by atoms with E-state index in [9.17, 15) is 0 Å². The number of ether oxygens (including phenoxy) is 1. The minimum atomic E-state index is 0.423. The normalized spacial score (nSPS) is 14.3. The van der Waals surface area contributed by atoms with E-state index < -0.39 is 0 Å². The highest BCUT2D eigenvalue weighted by atomic mass is 35.5. The molecule has 0 bridgehead atoms. The number of hydrogen-bond donors (Lipinski definition) is 2. The summed E-state index contributed by atoms with van der Waals surface area (Å²) in [4.78, 5) is 0. The van der Waals surface area contributed by atoms with Crippen LogP contribution in [0.1, 0.15) is 0 Å². The molecule has 0 amide bonds. The maximum atomic E-state index is 5.94. The van der Waals surface area contributed by atoms with E-state index in [-0.39, 0.29) is 0 Å². The quantitative estimate of drug-likeness (QED) is 0.658. The molecule has 0 fully saturated rings. The zero-order valence-electron chi connectivity index (χ0n) is 6.73. The third-order valence-electron chi connectivity index (χ3n) is 1.85. The standard InChI is InChI=1S/C8H8Cl2N2O/c9-4-3-5(11)6(10)8-7(4)12-1-2-13-8/h3,12H,1-2,11H2. The third-order valence-corrected chi connectivity index (χ3v) is 2.54. The van der Waals surface area contributed by atoms with Crippen LogP contribution < -0.4 is 15.8 Å². The minimum Gasteiger partial charge on any atom is -0.488 e. The average Bonchev–Trinajstić information content (AvgIpc) is 2.15. The summed E-state index contributed by atoms with van der Waals surface area (Å²) in [6.07, 6.45) is 0. The van der Waals surface area contributed by atoms with Gasteiger partial charge < -0.3 is 15.8 Å². The van der Waals surface area contributed by atoms with E-state index in [1.54, 1.807) is 6.07 Å². The lowest BCUT2D eigenvalue weighted by Gasteiger charge is -2.21. The maximum absolute atomic E-state index is 5.94. The molecule has 1 heterocycles. The van der Waals surface area contributed by atoms with Gasteiger partial charge in [-0.15, -0.1) is 0 Å². The molecule has 0 unspecified atom stereocenters. The molecule has 0 saturated heterocycles. The SMILES string of the molecule is Nc1cc(Cl)c2c(c1Cl)OCCN2.